The van der Waals surface area contributed by atoms with Gasteiger partial charge in [-0.3, -0.25) is 4.90 Å². The molecule has 0 amide bonds. The summed E-state index contributed by atoms with van der Waals surface area (Å²) in [6.07, 6.45) is 6.84. The molecular weight excluding hydrogens is 559 g/mol. The number of nitrogens with one attached hydrogen (secondary N) is 1. The van der Waals surface area contributed by atoms with E-state index in [9.17, 15) is 19.0 Å². The molecule has 0 aliphatic carbocycles. The van der Waals surface area contributed by atoms with E-state index in [1.54, 1.807) is 6.92 Å². The van der Waals surface area contributed by atoms with E-state index in [4.69, 9.17) is 11.2 Å². The fourth-order valence-corrected chi connectivity index (χ4v) is 7.05. The normalized spacial score (nSPS) is 24.0. The van der Waals surface area contributed by atoms with E-state index >= 15 is 4.39 Å². The SMILES string of the molecule is C#Cc1c(F)ccc2cc(O)cc(-c3nc4c5c(nc(OC[C@@]67CCCN6C[C@H](F)C7)nc5c3F)N[C@@H]([C@@H](C)O)CC4)c12. The number of aromatic nitrogens is 3. The first-order valence-electron chi connectivity index (χ1n) is 14.5. The van der Waals surface area contributed by atoms with Crippen molar-refractivity contribution in [1.82, 2.24) is 19.9 Å². The third-order valence-corrected chi connectivity index (χ3v) is 9.12. The van der Waals surface area contributed by atoms with Gasteiger partial charge < -0.3 is 20.3 Å². The van der Waals surface area contributed by atoms with Crippen molar-refractivity contribution in [2.24, 2.45) is 0 Å². The summed E-state index contributed by atoms with van der Waals surface area (Å²) in [4.78, 5) is 15.8. The lowest BCUT2D eigenvalue weighted by Crippen LogP contribution is -2.43. The van der Waals surface area contributed by atoms with E-state index in [2.05, 4.69) is 31.1 Å². The number of anilines is 1. The van der Waals surface area contributed by atoms with E-state index in [-0.39, 0.29) is 51.9 Å². The Balaban J connectivity index is 1.42. The van der Waals surface area contributed by atoms with Crippen molar-refractivity contribution in [3.63, 3.8) is 0 Å². The second-order valence-corrected chi connectivity index (χ2v) is 11.9. The van der Waals surface area contributed by atoms with Crippen LogP contribution in [0.25, 0.3) is 32.9 Å². The van der Waals surface area contributed by atoms with Crippen LogP contribution >= 0.6 is 0 Å². The molecule has 0 saturated carbocycles. The van der Waals surface area contributed by atoms with Crippen LogP contribution in [0.4, 0.5) is 19.0 Å². The van der Waals surface area contributed by atoms with Gasteiger partial charge in [-0.15, -0.1) is 6.42 Å². The Morgan fingerprint density at radius 1 is 1.23 bits per heavy atom. The Morgan fingerprint density at radius 3 is 2.86 bits per heavy atom. The summed E-state index contributed by atoms with van der Waals surface area (Å²) in [5, 5.41) is 25.2. The van der Waals surface area contributed by atoms with Gasteiger partial charge in [0.15, 0.2) is 5.82 Å². The smallest absolute Gasteiger partial charge is 0.319 e. The summed E-state index contributed by atoms with van der Waals surface area (Å²) in [5.41, 5.74) is -0.199. The maximum Gasteiger partial charge on any atom is 0.319 e. The first kappa shape index (κ1) is 27.7. The molecule has 3 N–H and O–H groups in total. The third-order valence-electron chi connectivity index (χ3n) is 9.12. The molecule has 2 saturated heterocycles. The lowest BCUT2D eigenvalue weighted by atomic mass is 9.95. The molecule has 2 aromatic heterocycles. The van der Waals surface area contributed by atoms with Gasteiger partial charge in [0.05, 0.1) is 34.3 Å². The van der Waals surface area contributed by atoms with E-state index in [1.807, 2.05) is 0 Å². The van der Waals surface area contributed by atoms with Gasteiger partial charge in [-0.2, -0.15) is 9.97 Å². The summed E-state index contributed by atoms with van der Waals surface area (Å²) < 4.78 is 52.0. The molecule has 0 radical (unpaired) electrons. The molecule has 3 aliphatic heterocycles. The highest BCUT2D eigenvalue weighted by Crippen LogP contribution is 2.42. The lowest BCUT2D eigenvalue weighted by molar-refractivity contribution is 0.107. The van der Waals surface area contributed by atoms with Crippen LogP contribution in [0.5, 0.6) is 11.8 Å². The average molecular weight is 590 g/mol. The number of ether oxygens (including phenoxy) is 1. The van der Waals surface area contributed by atoms with Crippen LogP contribution in [0.15, 0.2) is 24.3 Å². The number of pyridine rings is 1. The number of rotatable bonds is 5. The number of hydrogen-bond acceptors (Lipinski definition) is 8. The van der Waals surface area contributed by atoms with Crippen LogP contribution in [0.3, 0.4) is 0 Å². The Morgan fingerprint density at radius 2 is 2.07 bits per heavy atom. The highest BCUT2D eigenvalue weighted by molar-refractivity contribution is 6.03. The van der Waals surface area contributed by atoms with Gasteiger partial charge >= 0.3 is 6.01 Å². The van der Waals surface area contributed by atoms with Crippen molar-refractivity contribution in [1.29, 1.82) is 0 Å². The van der Waals surface area contributed by atoms with Crippen LogP contribution in [0.2, 0.25) is 0 Å². The van der Waals surface area contributed by atoms with Crippen LogP contribution in [0.1, 0.15) is 43.9 Å². The van der Waals surface area contributed by atoms with Gasteiger partial charge in [0.1, 0.15) is 41.4 Å². The molecule has 0 unspecified atom stereocenters. The minimum atomic E-state index is -0.942. The number of aryl methyl sites for hydroxylation is 1. The van der Waals surface area contributed by atoms with Crippen LogP contribution in [-0.4, -0.2) is 73.6 Å². The van der Waals surface area contributed by atoms with Crippen LogP contribution in [0, 0.1) is 24.0 Å². The highest BCUT2D eigenvalue weighted by atomic mass is 19.1. The zero-order chi connectivity index (χ0) is 30.0. The Hall–Kier alpha value is -4.14. The standard InChI is InChI=1S/C32H30F3N5O3/c1-3-20-22(34)6-5-17-11-19(42)12-21(25(17)20)28-27(35)29-26-24(36-28)8-7-23(16(2)41)37-30(26)39-31(38-29)43-15-32-9-4-10-40(32)14-18(33)13-32/h1,5-6,11-12,16,18,23,41-42H,4,7-10,13-15H2,2H3,(H,37,38,39)/t16-,18-,23-,32+/m1/s1. The first-order chi connectivity index (χ1) is 20.7. The minimum Gasteiger partial charge on any atom is -0.508 e. The van der Waals surface area contributed by atoms with Gasteiger partial charge in [0.25, 0.3) is 0 Å². The van der Waals surface area contributed by atoms with Crippen LogP contribution in [-0.2, 0) is 6.42 Å². The second-order valence-electron chi connectivity index (χ2n) is 11.9. The van der Waals surface area contributed by atoms with Gasteiger partial charge in [-0.1, -0.05) is 12.0 Å². The molecule has 4 atom stereocenters. The number of halogens is 3. The van der Waals surface area contributed by atoms with E-state index < -0.39 is 35.5 Å². The Kier molecular flexibility index (Phi) is 6.59. The van der Waals surface area contributed by atoms with Gasteiger partial charge in [0, 0.05) is 23.9 Å². The van der Waals surface area contributed by atoms with E-state index in [1.165, 1.54) is 24.3 Å². The second kappa shape index (κ2) is 10.2. The summed E-state index contributed by atoms with van der Waals surface area (Å²) in [6, 6.07) is 4.88. The predicted octanol–water partition coefficient (Wildman–Crippen LogP) is 4.87. The molecule has 0 bridgehead atoms. The lowest BCUT2D eigenvalue weighted by Gasteiger charge is -2.30. The Bertz CT molecular complexity index is 1830. The zero-order valence-electron chi connectivity index (χ0n) is 23.5. The molecule has 7 rings (SSSR count). The predicted molar refractivity (Wildman–Crippen MR) is 156 cm³/mol. The van der Waals surface area contributed by atoms with Crippen molar-refractivity contribution in [2.45, 2.75) is 62.9 Å². The fraction of sp³-hybridized carbons (Fsp3) is 0.406. The quantitative estimate of drug-likeness (QED) is 0.284. The molecule has 8 nitrogen and oxygen atoms in total. The highest BCUT2D eigenvalue weighted by Gasteiger charge is 2.49. The monoisotopic (exact) mass is 589 g/mol. The molecule has 222 valence electrons. The number of alkyl halides is 1. The van der Waals surface area contributed by atoms with E-state index in [0.717, 1.165) is 19.4 Å². The number of nitrogens with zero attached hydrogens (tertiary/aromatic N) is 4. The molecule has 11 heteroatoms. The van der Waals surface area contributed by atoms with Crippen molar-refractivity contribution in [2.75, 3.05) is 25.0 Å². The number of aliphatic hydroxyl groups excluding tert-OH is 1. The number of hydrogen-bond donors (Lipinski definition) is 3. The fourth-order valence-electron chi connectivity index (χ4n) is 7.05. The number of phenolic OH excluding ortho intramolecular Hbond substituents is 1. The van der Waals surface area contributed by atoms with Crippen molar-refractivity contribution in [3.05, 3.63) is 47.2 Å². The molecule has 4 aromatic rings. The number of terminal acetylenes is 1. The maximum atomic E-state index is 16.7. The average Bonchev–Trinajstić information content (AvgIpc) is 3.43. The Labute approximate surface area is 245 Å². The van der Waals surface area contributed by atoms with Crippen molar-refractivity contribution < 1.29 is 28.1 Å². The third kappa shape index (κ3) is 4.51. The minimum absolute atomic E-state index is 0.0778. The maximum absolute atomic E-state index is 16.7. The number of aromatic hydroxyl groups is 1. The molecule has 2 aromatic carbocycles. The number of aliphatic hydroxyl groups is 1. The first-order valence-corrected chi connectivity index (χ1v) is 14.5. The summed E-state index contributed by atoms with van der Waals surface area (Å²) in [6.45, 7) is 2.94. The number of phenols is 1. The summed E-state index contributed by atoms with van der Waals surface area (Å²) in [5.74, 6) is 0.966. The van der Waals surface area contributed by atoms with Crippen molar-refractivity contribution in [3.8, 4) is 35.4 Å². The van der Waals surface area contributed by atoms with Crippen molar-refractivity contribution >= 4 is 27.5 Å². The van der Waals surface area contributed by atoms with Gasteiger partial charge in [-0.25, -0.2) is 18.2 Å². The van der Waals surface area contributed by atoms with E-state index in [0.29, 0.717) is 42.3 Å². The van der Waals surface area contributed by atoms with Crippen LogP contribution < -0.4 is 10.1 Å². The molecule has 2 fully saturated rings. The summed E-state index contributed by atoms with van der Waals surface area (Å²) in [7, 11) is 0. The number of fused-ring (bicyclic) bond motifs is 2. The topological polar surface area (TPSA) is 104 Å². The molecule has 3 aliphatic rings. The molecule has 5 heterocycles. The molecular formula is C32H30F3N5O3. The van der Waals surface area contributed by atoms with Gasteiger partial charge in [0.2, 0.25) is 0 Å². The largest absolute Gasteiger partial charge is 0.508 e. The summed E-state index contributed by atoms with van der Waals surface area (Å²) >= 11 is 0. The number of benzene rings is 2. The molecule has 43 heavy (non-hydrogen) atoms. The zero-order valence-corrected chi connectivity index (χ0v) is 23.5. The van der Waals surface area contributed by atoms with Gasteiger partial charge in [-0.05, 0) is 62.7 Å². The molecule has 0 spiro atoms.